The van der Waals surface area contributed by atoms with Crippen molar-refractivity contribution >= 4 is 21.4 Å². The van der Waals surface area contributed by atoms with Crippen LogP contribution in [0.5, 0.6) is 0 Å². The normalized spacial score (nSPS) is 11.2. The van der Waals surface area contributed by atoms with Crippen molar-refractivity contribution in [3.05, 3.63) is 60.2 Å². The lowest BCUT2D eigenvalue weighted by Crippen LogP contribution is -2.14. The highest BCUT2D eigenvalue weighted by atomic mass is 32.2. The van der Waals surface area contributed by atoms with E-state index >= 15 is 0 Å². The van der Waals surface area contributed by atoms with Crippen molar-refractivity contribution in [2.45, 2.75) is 48.8 Å². The number of Topliss-reactive ketones (excluding diaryl/α,β-unsaturated/α-hetero) is 2. The van der Waals surface area contributed by atoms with Crippen LogP contribution in [-0.2, 0) is 14.6 Å². The van der Waals surface area contributed by atoms with Crippen molar-refractivity contribution in [1.82, 2.24) is 0 Å². The van der Waals surface area contributed by atoms with E-state index in [1.807, 2.05) is 0 Å². The second-order valence-corrected chi connectivity index (χ2v) is 7.85. The summed E-state index contributed by atoms with van der Waals surface area (Å²) in [6.45, 7) is 2.08. The molecule has 0 aliphatic heterocycles. The molecule has 2 aromatic carbocycles. The molecular weight excluding hydrogens is 336 g/mol. The fraction of sp³-hybridized carbons (Fsp3) is 0.300. The van der Waals surface area contributed by atoms with Crippen molar-refractivity contribution in [3.63, 3.8) is 0 Å². The zero-order chi connectivity index (χ0) is 18.3. The monoisotopic (exact) mass is 358 g/mol. The number of unbranched alkanes of at least 4 members (excludes halogenated alkanes) is 3. The van der Waals surface area contributed by atoms with Crippen LogP contribution >= 0.6 is 0 Å². The second kappa shape index (κ2) is 8.72. The second-order valence-electron chi connectivity index (χ2n) is 5.90. The SMILES string of the molecule is CCCCCCC(=O)C(=O)c1ccc(S(=O)(=O)c2ccccc2)cc1. The largest absolute Gasteiger partial charge is 0.290 e. The smallest absolute Gasteiger partial charge is 0.228 e. The van der Waals surface area contributed by atoms with Crippen molar-refractivity contribution < 1.29 is 18.0 Å². The molecular formula is C20H22O4S. The fourth-order valence-electron chi connectivity index (χ4n) is 2.51. The highest BCUT2D eigenvalue weighted by Gasteiger charge is 2.19. The molecule has 5 heteroatoms. The van der Waals surface area contributed by atoms with Gasteiger partial charge in [0.25, 0.3) is 0 Å². The third-order valence-corrected chi connectivity index (χ3v) is 5.78. The van der Waals surface area contributed by atoms with Gasteiger partial charge in [0.2, 0.25) is 21.4 Å². The minimum Gasteiger partial charge on any atom is -0.290 e. The van der Waals surface area contributed by atoms with Crippen LogP contribution in [0.15, 0.2) is 64.4 Å². The molecule has 0 unspecified atom stereocenters. The molecule has 132 valence electrons. The van der Waals surface area contributed by atoms with Crippen LogP contribution in [-0.4, -0.2) is 20.0 Å². The molecule has 2 rings (SSSR count). The number of ketones is 2. The summed E-state index contributed by atoms with van der Waals surface area (Å²) >= 11 is 0. The highest BCUT2D eigenvalue weighted by molar-refractivity contribution is 7.91. The van der Waals surface area contributed by atoms with Gasteiger partial charge in [0.05, 0.1) is 9.79 Å². The van der Waals surface area contributed by atoms with Crippen LogP contribution in [0.2, 0.25) is 0 Å². The van der Waals surface area contributed by atoms with Crippen molar-refractivity contribution in [2.75, 3.05) is 0 Å². The van der Waals surface area contributed by atoms with E-state index < -0.39 is 21.4 Å². The van der Waals surface area contributed by atoms with Gasteiger partial charge in [-0.15, -0.1) is 0 Å². The number of hydrogen-bond acceptors (Lipinski definition) is 4. The molecule has 0 N–H and O–H groups in total. The van der Waals surface area contributed by atoms with Gasteiger partial charge in [-0.25, -0.2) is 8.42 Å². The van der Waals surface area contributed by atoms with Crippen molar-refractivity contribution in [3.8, 4) is 0 Å². The van der Waals surface area contributed by atoms with Gasteiger partial charge in [0, 0.05) is 12.0 Å². The predicted molar refractivity (Wildman–Crippen MR) is 96.4 cm³/mol. The Labute approximate surface area is 148 Å². The zero-order valence-corrected chi connectivity index (χ0v) is 15.1. The Balaban J connectivity index is 2.09. The van der Waals surface area contributed by atoms with Gasteiger partial charge >= 0.3 is 0 Å². The molecule has 0 amide bonds. The topological polar surface area (TPSA) is 68.3 Å². The molecule has 2 aromatic rings. The number of sulfone groups is 1. The van der Waals surface area contributed by atoms with E-state index in [1.165, 1.54) is 36.4 Å². The maximum atomic E-state index is 12.5. The minimum atomic E-state index is -3.62. The highest BCUT2D eigenvalue weighted by Crippen LogP contribution is 2.21. The summed E-state index contributed by atoms with van der Waals surface area (Å²) < 4.78 is 25.0. The average Bonchev–Trinajstić information content (AvgIpc) is 2.65. The summed E-state index contributed by atoms with van der Waals surface area (Å²) in [5, 5.41) is 0. The van der Waals surface area contributed by atoms with Crippen LogP contribution < -0.4 is 0 Å². The average molecular weight is 358 g/mol. The molecule has 0 aromatic heterocycles. The summed E-state index contributed by atoms with van der Waals surface area (Å²) in [5.41, 5.74) is 0.229. The first-order valence-corrected chi connectivity index (χ1v) is 9.93. The summed E-state index contributed by atoms with van der Waals surface area (Å²) in [5.74, 6) is -0.977. The molecule has 0 saturated heterocycles. The molecule has 0 saturated carbocycles. The summed E-state index contributed by atoms with van der Waals surface area (Å²) in [4.78, 5) is 24.4. The van der Waals surface area contributed by atoms with Gasteiger partial charge in [0.15, 0.2) is 0 Å². The molecule has 0 spiro atoms. The molecule has 0 heterocycles. The Morgan fingerprint density at radius 1 is 0.800 bits per heavy atom. The molecule has 0 aliphatic rings. The van der Waals surface area contributed by atoms with Crippen LogP contribution in [0.25, 0.3) is 0 Å². The van der Waals surface area contributed by atoms with E-state index in [0.29, 0.717) is 6.42 Å². The van der Waals surface area contributed by atoms with E-state index in [2.05, 4.69) is 6.92 Å². The van der Waals surface area contributed by atoms with E-state index in [-0.39, 0.29) is 21.8 Å². The zero-order valence-electron chi connectivity index (χ0n) is 14.3. The molecule has 0 aliphatic carbocycles. The molecule has 0 bridgehead atoms. The number of carbonyl (C=O) groups excluding carboxylic acids is 2. The predicted octanol–water partition coefficient (Wildman–Crippen LogP) is 4.24. The minimum absolute atomic E-state index is 0.102. The van der Waals surface area contributed by atoms with Crippen LogP contribution in [0.4, 0.5) is 0 Å². The third-order valence-electron chi connectivity index (χ3n) is 3.99. The number of hydrogen-bond donors (Lipinski definition) is 0. The quantitative estimate of drug-likeness (QED) is 0.382. The lowest BCUT2D eigenvalue weighted by Gasteiger charge is -2.06. The molecule has 0 radical (unpaired) electrons. The Morgan fingerprint density at radius 3 is 2.00 bits per heavy atom. The first-order chi connectivity index (χ1) is 12.0. The number of carbonyl (C=O) groups is 2. The maximum absolute atomic E-state index is 12.5. The maximum Gasteiger partial charge on any atom is 0.228 e. The number of rotatable bonds is 9. The van der Waals surface area contributed by atoms with E-state index in [9.17, 15) is 18.0 Å². The van der Waals surface area contributed by atoms with Gasteiger partial charge in [0.1, 0.15) is 0 Å². The summed E-state index contributed by atoms with van der Waals surface area (Å²) in [7, 11) is -3.62. The van der Waals surface area contributed by atoms with Crippen molar-refractivity contribution in [2.24, 2.45) is 0 Å². The van der Waals surface area contributed by atoms with Gasteiger partial charge in [-0.05, 0) is 42.8 Å². The van der Waals surface area contributed by atoms with Gasteiger partial charge in [-0.1, -0.05) is 44.4 Å². The van der Waals surface area contributed by atoms with Crippen LogP contribution in [0.1, 0.15) is 49.4 Å². The Kier molecular flexibility index (Phi) is 6.65. The molecule has 25 heavy (non-hydrogen) atoms. The lowest BCUT2D eigenvalue weighted by molar-refractivity contribution is -0.115. The first-order valence-electron chi connectivity index (χ1n) is 8.44. The van der Waals surface area contributed by atoms with Crippen LogP contribution in [0.3, 0.4) is 0 Å². The van der Waals surface area contributed by atoms with E-state index in [1.54, 1.807) is 18.2 Å². The van der Waals surface area contributed by atoms with E-state index in [4.69, 9.17) is 0 Å². The number of benzene rings is 2. The van der Waals surface area contributed by atoms with Gasteiger partial charge in [-0.3, -0.25) is 9.59 Å². The Morgan fingerprint density at radius 2 is 1.40 bits per heavy atom. The van der Waals surface area contributed by atoms with Crippen molar-refractivity contribution in [1.29, 1.82) is 0 Å². The van der Waals surface area contributed by atoms with Gasteiger partial charge < -0.3 is 0 Å². The van der Waals surface area contributed by atoms with Crippen LogP contribution in [0, 0.1) is 0 Å². The van der Waals surface area contributed by atoms with Gasteiger partial charge in [-0.2, -0.15) is 0 Å². The molecule has 0 atom stereocenters. The Hall–Kier alpha value is -2.27. The van der Waals surface area contributed by atoms with E-state index in [0.717, 1.165) is 19.3 Å². The Bertz CT molecular complexity index is 822. The molecule has 0 fully saturated rings. The summed E-state index contributed by atoms with van der Waals surface area (Å²) in [6.07, 6.45) is 4.00. The third kappa shape index (κ3) is 4.86. The molecule has 4 nitrogen and oxygen atoms in total. The standard InChI is InChI=1S/C20H22O4S/c1-2-3-4-8-11-19(21)20(22)16-12-14-18(15-13-16)25(23,24)17-9-6-5-7-10-17/h5-7,9-10,12-15H,2-4,8,11H2,1H3. The summed E-state index contributed by atoms with van der Waals surface area (Å²) in [6, 6.07) is 13.7. The lowest BCUT2D eigenvalue weighted by atomic mass is 10.0. The first kappa shape index (κ1) is 19.1. The fourth-order valence-corrected chi connectivity index (χ4v) is 3.79.